The molecular formula is C40H40BrN3O. The van der Waals surface area contributed by atoms with Gasteiger partial charge in [-0.15, -0.1) is 0 Å². The van der Waals surface area contributed by atoms with Crippen molar-refractivity contribution in [3.05, 3.63) is 137 Å². The number of methoxy groups -OCH3 is 1. The highest BCUT2D eigenvalue weighted by Crippen LogP contribution is 2.51. The molecule has 0 radical (unpaired) electrons. The first-order chi connectivity index (χ1) is 21.6. The van der Waals surface area contributed by atoms with Gasteiger partial charge in [0.15, 0.2) is 11.0 Å². The van der Waals surface area contributed by atoms with Crippen molar-refractivity contribution in [2.75, 3.05) is 25.1 Å². The van der Waals surface area contributed by atoms with Gasteiger partial charge in [-0.2, -0.15) is 0 Å². The average Bonchev–Trinajstić information content (AvgIpc) is 3.58. The molecule has 1 aromatic heterocycles. The second kappa shape index (κ2) is 12.0. The number of aromatic nitrogens is 2. The van der Waals surface area contributed by atoms with Crippen LogP contribution in [0.5, 0.6) is 5.75 Å². The van der Waals surface area contributed by atoms with Crippen LogP contribution in [0.2, 0.25) is 0 Å². The second-order valence-corrected chi connectivity index (χ2v) is 12.9. The van der Waals surface area contributed by atoms with E-state index < -0.39 is 0 Å². The Hall–Kier alpha value is -4.09. The van der Waals surface area contributed by atoms with Gasteiger partial charge in [-0.1, -0.05) is 72.8 Å². The largest absolute Gasteiger partial charge is 1.00 e. The summed E-state index contributed by atoms with van der Waals surface area (Å²) in [5.41, 5.74) is 12.4. The van der Waals surface area contributed by atoms with Gasteiger partial charge in [0, 0.05) is 25.4 Å². The van der Waals surface area contributed by atoms with Crippen molar-refractivity contribution < 1.29 is 26.3 Å². The number of halogens is 1. The topological polar surface area (TPSA) is 21.3 Å². The predicted octanol–water partition coefficient (Wildman–Crippen LogP) is 4.97. The predicted molar refractivity (Wildman–Crippen MR) is 180 cm³/mol. The number of hydrogen-bond donors (Lipinski definition) is 0. The van der Waals surface area contributed by atoms with Crippen molar-refractivity contribution in [1.29, 1.82) is 0 Å². The fraction of sp³-hybridized carbons (Fsp3) is 0.275. The van der Waals surface area contributed by atoms with Gasteiger partial charge in [0.25, 0.3) is 0 Å². The van der Waals surface area contributed by atoms with Crippen LogP contribution in [-0.4, -0.2) is 24.8 Å². The van der Waals surface area contributed by atoms with E-state index in [4.69, 9.17) is 4.74 Å². The van der Waals surface area contributed by atoms with Crippen molar-refractivity contribution in [3.8, 4) is 5.75 Å². The van der Waals surface area contributed by atoms with E-state index in [2.05, 4.69) is 131 Å². The number of hydrogen-bond acceptors (Lipinski definition) is 2. The molecule has 2 heterocycles. The molecule has 0 spiro atoms. The van der Waals surface area contributed by atoms with E-state index in [-0.39, 0.29) is 17.0 Å². The normalized spacial score (nSPS) is 16.7. The van der Waals surface area contributed by atoms with E-state index in [0.717, 1.165) is 44.8 Å². The fourth-order valence-electron chi connectivity index (χ4n) is 7.95. The summed E-state index contributed by atoms with van der Waals surface area (Å²) in [5.74, 6) is 2.06. The van der Waals surface area contributed by atoms with E-state index in [1.165, 1.54) is 60.9 Å². The molecule has 228 valence electrons. The summed E-state index contributed by atoms with van der Waals surface area (Å²) >= 11 is 0. The lowest BCUT2D eigenvalue weighted by molar-refractivity contribution is -0.663. The van der Waals surface area contributed by atoms with Crippen LogP contribution in [0.3, 0.4) is 0 Å². The molecule has 1 aliphatic heterocycles. The molecule has 0 bridgehead atoms. The van der Waals surface area contributed by atoms with Gasteiger partial charge in [-0.05, 0) is 94.6 Å². The summed E-state index contributed by atoms with van der Waals surface area (Å²) in [4.78, 5) is 2.62. The summed E-state index contributed by atoms with van der Waals surface area (Å²) in [7, 11) is 1.81. The van der Waals surface area contributed by atoms with Gasteiger partial charge >= 0.3 is 0 Å². The molecule has 5 aromatic carbocycles. The molecule has 2 aliphatic rings. The molecule has 45 heavy (non-hydrogen) atoms. The first-order valence-corrected chi connectivity index (χ1v) is 16.0. The highest BCUT2D eigenvalue weighted by Gasteiger charge is 2.41. The van der Waals surface area contributed by atoms with Crippen LogP contribution in [0.25, 0.3) is 21.8 Å². The first-order valence-electron chi connectivity index (χ1n) is 16.0. The van der Waals surface area contributed by atoms with Crippen molar-refractivity contribution in [2.24, 2.45) is 5.92 Å². The van der Waals surface area contributed by atoms with Crippen LogP contribution in [0.15, 0.2) is 103 Å². The molecule has 1 aliphatic carbocycles. The maximum absolute atomic E-state index is 5.96. The van der Waals surface area contributed by atoms with Crippen LogP contribution in [0.1, 0.15) is 45.7 Å². The molecule has 2 atom stereocenters. The standard InChI is InChI=1S/C40H40N3O.BrH/c1-27-20-36-37(21-28(27)2)43(24-29-16-17-30-10-4-5-11-31(30)22-29)26-42(36)19-9-18-41-25-33-23-32-12-6-7-13-34(32)39(33)35-14-8-15-38(44-3)40(35)41;/h4-8,10-17,20-22,26,33,39H,9,18-19,23-25H2,1-3H3;1H/q+1;/p-1/t33-,39+;/m0./s1. The Morgan fingerprint density at radius 2 is 1.58 bits per heavy atom. The van der Waals surface area contributed by atoms with Crippen molar-refractivity contribution in [2.45, 2.75) is 45.7 Å². The minimum absolute atomic E-state index is 0. The van der Waals surface area contributed by atoms with Crippen molar-refractivity contribution >= 4 is 27.5 Å². The minimum Gasteiger partial charge on any atom is -1.00 e. The summed E-state index contributed by atoms with van der Waals surface area (Å²) in [6.07, 6.45) is 4.56. The Morgan fingerprint density at radius 3 is 2.44 bits per heavy atom. The van der Waals surface area contributed by atoms with Crippen molar-refractivity contribution in [1.82, 2.24) is 4.57 Å². The number of ether oxygens (including phenoxy) is 1. The summed E-state index contributed by atoms with van der Waals surface area (Å²) < 4.78 is 10.9. The summed E-state index contributed by atoms with van der Waals surface area (Å²) in [6.45, 7) is 8.35. The zero-order valence-corrected chi connectivity index (χ0v) is 27.9. The zero-order chi connectivity index (χ0) is 29.8. The number of nitrogens with zero attached hydrogens (tertiary/aromatic N) is 3. The van der Waals surface area contributed by atoms with Crippen molar-refractivity contribution in [3.63, 3.8) is 0 Å². The van der Waals surface area contributed by atoms with E-state index in [1.807, 2.05) is 7.11 Å². The number of benzene rings is 5. The van der Waals surface area contributed by atoms with Gasteiger partial charge in [0.1, 0.15) is 12.3 Å². The molecule has 4 nitrogen and oxygen atoms in total. The number of rotatable bonds is 7. The highest BCUT2D eigenvalue weighted by molar-refractivity contribution is 5.83. The monoisotopic (exact) mass is 657 g/mol. The van der Waals surface area contributed by atoms with E-state index in [9.17, 15) is 0 Å². The summed E-state index contributed by atoms with van der Waals surface area (Å²) in [6, 6.07) is 35.9. The molecule has 0 amide bonds. The minimum atomic E-state index is 0. The molecule has 0 unspecified atom stereocenters. The number of imidazole rings is 1. The lowest BCUT2D eigenvalue weighted by Gasteiger charge is -2.39. The van der Waals surface area contributed by atoms with Crippen LogP contribution >= 0.6 is 0 Å². The molecule has 0 N–H and O–H groups in total. The lowest BCUT2D eigenvalue weighted by Crippen LogP contribution is -3.00. The number of anilines is 1. The molecule has 5 heteroatoms. The number of aryl methyl sites for hydroxylation is 3. The Bertz CT molecular complexity index is 2030. The Morgan fingerprint density at radius 1 is 0.800 bits per heavy atom. The van der Waals surface area contributed by atoms with Gasteiger partial charge in [0.05, 0.1) is 19.3 Å². The maximum Gasteiger partial charge on any atom is 0.245 e. The first kappa shape index (κ1) is 29.6. The Balaban J connectivity index is 0.00000325. The average molecular weight is 659 g/mol. The van der Waals surface area contributed by atoms with Crippen LogP contribution in [0, 0.1) is 19.8 Å². The molecule has 0 fully saturated rings. The second-order valence-electron chi connectivity index (χ2n) is 12.9. The quantitative estimate of drug-likeness (QED) is 0.226. The molecule has 8 rings (SSSR count). The van der Waals surface area contributed by atoms with E-state index >= 15 is 0 Å². The third-order valence-corrected chi connectivity index (χ3v) is 10.2. The lowest BCUT2D eigenvalue weighted by atomic mass is 9.81. The van der Waals surface area contributed by atoms with Gasteiger partial charge < -0.3 is 26.6 Å². The molecule has 0 saturated carbocycles. The van der Waals surface area contributed by atoms with Gasteiger partial charge in [0.2, 0.25) is 6.33 Å². The van der Waals surface area contributed by atoms with Crippen LogP contribution < -0.4 is 31.2 Å². The fourth-order valence-corrected chi connectivity index (χ4v) is 7.95. The highest BCUT2D eigenvalue weighted by atomic mass is 79.9. The van der Waals surface area contributed by atoms with Crippen LogP contribution in [-0.2, 0) is 19.5 Å². The number of para-hydroxylation sites is 1. The van der Waals surface area contributed by atoms with Gasteiger partial charge in [-0.3, -0.25) is 0 Å². The van der Waals surface area contributed by atoms with Gasteiger partial charge in [-0.25, -0.2) is 9.13 Å². The third kappa shape index (κ3) is 5.21. The zero-order valence-electron chi connectivity index (χ0n) is 26.3. The molecule has 0 saturated heterocycles. The molecule has 6 aromatic rings. The Labute approximate surface area is 276 Å². The SMILES string of the molecule is COc1cccc2c1N(CCCn1c[n+](Cc3ccc4ccccc4c3)c3cc(C)c(C)cc31)C[C@@H]1Cc3ccccc3[C@H]21.[Br-]. The summed E-state index contributed by atoms with van der Waals surface area (Å²) in [5, 5.41) is 2.59. The van der Waals surface area contributed by atoms with Crippen LogP contribution in [0.4, 0.5) is 5.69 Å². The van der Waals surface area contributed by atoms with E-state index in [1.54, 1.807) is 0 Å². The number of fused-ring (bicyclic) bond motifs is 7. The Kier molecular flexibility index (Phi) is 7.91. The maximum atomic E-state index is 5.96. The molecular weight excluding hydrogens is 618 g/mol. The smallest absolute Gasteiger partial charge is 0.245 e. The van der Waals surface area contributed by atoms with E-state index in [0.29, 0.717) is 11.8 Å². The third-order valence-electron chi connectivity index (χ3n) is 10.2.